The molecule has 2 unspecified atom stereocenters. The van der Waals surface area contributed by atoms with Gasteiger partial charge in [0.25, 0.3) is 0 Å². The summed E-state index contributed by atoms with van der Waals surface area (Å²) < 4.78 is 28.3. The summed E-state index contributed by atoms with van der Waals surface area (Å²) in [6, 6.07) is 12.5. The summed E-state index contributed by atoms with van der Waals surface area (Å²) in [6.07, 6.45) is 2.07. The lowest BCUT2D eigenvalue weighted by atomic mass is 9.70. The fraction of sp³-hybridized carbons (Fsp3) is 0.455. The van der Waals surface area contributed by atoms with Gasteiger partial charge in [-0.3, -0.25) is 9.59 Å². The van der Waals surface area contributed by atoms with E-state index in [0.717, 1.165) is 11.3 Å². The Hall–Kier alpha value is -1.83. The number of benzene rings is 1. The lowest BCUT2D eigenvalue weighted by Gasteiger charge is -2.36. The molecule has 7 heteroatoms. The van der Waals surface area contributed by atoms with Crippen LogP contribution in [0.3, 0.4) is 0 Å². The largest absolute Gasteiger partial charge is 0.299 e. The Balaban J connectivity index is 1.44. The molecule has 1 heterocycles. The minimum Gasteiger partial charge on any atom is -0.299 e. The highest BCUT2D eigenvalue weighted by molar-refractivity contribution is 7.89. The van der Waals surface area contributed by atoms with Crippen molar-refractivity contribution >= 4 is 32.9 Å². The summed E-state index contributed by atoms with van der Waals surface area (Å²) in [6.45, 7) is 4.20. The zero-order valence-corrected chi connectivity index (χ0v) is 18.2. The molecule has 5 nitrogen and oxygen atoms in total. The van der Waals surface area contributed by atoms with Gasteiger partial charge in [0.15, 0.2) is 0 Å². The molecule has 2 aliphatic rings. The second-order valence-corrected chi connectivity index (χ2v) is 11.7. The highest BCUT2D eigenvalue weighted by Crippen LogP contribution is 2.64. The van der Waals surface area contributed by atoms with Crippen LogP contribution in [0, 0.1) is 16.7 Å². The molecule has 0 spiro atoms. The van der Waals surface area contributed by atoms with Crippen molar-refractivity contribution in [3.63, 3.8) is 0 Å². The third-order valence-corrected chi connectivity index (χ3v) is 9.50. The predicted octanol–water partition coefficient (Wildman–Crippen LogP) is 3.79. The molecule has 29 heavy (non-hydrogen) atoms. The Morgan fingerprint density at radius 1 is 1.17 bits per heavy atom. The van der Waals surface area contributed by atoms with Gasteiger partial charge in [0.2, 0.25) is 15.8 Å². The quantitative estimate of drug-likeness (QED) is 0.677. The van der Waals surface area contributed by atoms with Gasteiger partial charge in [-0.25, -0.2) is 13.1 Å². The maximum atomic E-state index is 12.8. The Morgan fingerprint density at radius 3 is 2.52 bits per heavy atom. The van der Waals surface area contributed by atoms with Crippen LogP contribution < -0.4 is 4.72 Å². The third kappa shape index (κ3) is 3.49. The Morgan fingerprint density at radius 2 is 1.90 bits per heavy atom. The molecule has 2 aromatic rings. The molecule has 4 rings (SSSR count). The molecular weight excluding hydrogens is 406 g/mol. The molecule has 1 aromatic carbocycles. The minimum absolute atomic E-state index is 0.0705. The summed E-state index contributed by atoms with van der Waals surface area (Å²) in [5.74, 6) is 0.160. The van der Waals surface area contributed by atoms with E-state index in [4.69, 9.17) is 0 Å². The summed E-state index contributed by atoms with van der Waals surface area (Å²) in [7, 11) is -3.62. The average molecular weight is 432 g/mol. The number of hydrogen-bond donors (Lipinski definition) is 1. The van der Waals surface area contributed by atoms with Crippen LogP contribution in [0.2, 0.25) is 0 Å². The number of rotatable bonds is 7. The molecule has 2 bridgehead atoms. The smallest absolute Gasteiger partial charge is 0.212 e. The lowest BCUT2D eigenvalue weighted by molar-refractivity contribution is -0.128. The van der Waals surface area contributed by atoms with E-state index in [1.165, 1.54) is 11.3 Å². The van der Waals surface area contributed by atoms with Gasteiger partial charge in [0.1, 0.15) is 5.78 Å². The molecule has 0 saturated heterocycles. The van der Waals surface area contributed by atoms with Crippen molar-refractivity contribution < 1.29 is 18.0 Å². The molecular formula is C22H25NO4S2. The van der Waals surface area contributed by atoms with E-state index in [1.54, 1.807) is 24.3 Å². The highest BCUT2D eigenvalue weighted by Gasteiger charge is 2.65. The van der Waals surface area contributed by atoms with Gasteiger partial charge in [0, 0.05) is 28.8 Å². The fourth-order valence-electron chi connectivity index (χ4n) is 4.99. The van der Waals surface area contributed by atoms with Gasteiger partial charge in [-0.15, -0.1) is 11.3 Å². The SMILES string of the molecule is CC1(C)C2CCC1(CS(=O)(=O)NCc1ccc(C(=O)c3ccccc3)s1)C(=O)C2. The van der Waals surface area contributed by atoms with E-state index in [2.05, 4.69) is 4.72 Å². The number of nitrogens with one attached hydrogen (secondary N) is 1. The zero-order valence-electron chi connectivity index (χ0n) is 16.6. The van der Waals surface area contributed by atoms with Crippen molar-refractivity contribution in [1.82, 2.24) is 4.72 Å². The van der Waals surface area contributed by atoms with E-state index in [9.17, 15) is 18.0 Å². The van der Waals surface area contributed by atoms with Crippen LogP contribution in [0.1, 0.15) is 53.2 Å². The summed E-state index contributed by atoms with van der Waals surface area (Å²) in [5.41, 5.74) is -0.442. The predicted molar refractivity (Wildman–Crippen MR) is 113 cm³/mol. The van der Waals surface area contributed by atoms with Crippen molar-refractivity contribution in [2.45, 2.75) is 39.7 Å². The van der Waals surface area contributed by atoms with Crippen LogP contribution in [-0.2, 0) is 21.4 Å². The molecule has 1 N–H and O–H groups in total. The number of sulfonamides is 1. The van der Waals surface area contributed by atoms with Gasteiger partial charge in [0.05, 0.1) is 10.6 Å². The minimum atomic E-state index is -3.62. The number of carbonyl (C=O) groups is 2. The maximum Gasteiger partial charge on any atom is 0.212 e. The first-order valence-electron chi connectivity index (χ1n) is 9.84. The van der Waals surface area contributed by atoms with Gasteiger partial charge in [-0.1, -0.05) is 44.2 Å². The van der Waals surface area contributed by atoms with E-state index in [-0.39, 0.29) is 35.2 Å². The molecule has 2 fully saturated rings. The van der Waals surface area contributed by atoms with Crippen molar-refractivity contribution in [1.29, 1.82) is 0 Å². The lowest BCUT2D eigenvalue weighted by Crippen LogP contribution is -2.45. The molecule has 0 aliphatic heterocycles. The van der Waals surface area contributed by atoms with Crippen LogP contribution in [0.4, 0.5) is 0 Å². The number of fused-ring (bicyclic) bond motifs is 2. The monoisotopic (exact) mass is 431 g/mol. The van der Waals surface area contributed by atoms with Crippen LogP contribution in [0.25, 0.3) is 0 Å². The number of hydrogen-bond acceptors (Lipinski definition) is 5. The van der Waals surface area contributed by atoms with Crippen LogP contribution >= 0.6 is 11.3 Å². The molecule has 1 aromatic heterocycles. The van der Waals surface area contributed by atoms with Crippen LogP contribution in [-0.4, -0.2) is 25.7 Å². The molecule has 154 valence electrons. The first-order valence-corrected chi connectivity index (χ1v) is 12.3. The standard InChI is InChI=1S/C22H25NO4S2/c1-21(2)16-10-11-22(21,19(24)12-16)14-29(26,27)23-13-17-8-9-18(28-17)20(25)15-6-4-3-5-7-15/h3-9,16,23H,10-14H2,1-2H3. The highest BCUT2D eigenvalue weighted by atomic mass is 32.2. The maximum absolute atomic E-state index is 12.8. The van der Waals surface area contributed by atoms with E-state index in [1.807, 2.05) is 32.0 Å². The first-order chi connectivity index (χ1) is 13.6. The van der Waals surface area contributed by atoms with Crippen LogP contribution in [0.5, 0.6) is 0 Å². The van der Waals surface area contributed by atoms with E-state index >= 15 is 0 Å². The van der Waals surface area contributed by atoms with Crippen molar-refractivity contribution in [2.24, 2.45) is 16.7 Å². The fourth-order valence-corrected chi connectivity index (χ4v) is 7.80. The summed E-state index contributed by atoms with van der Waals surface area (Å²) >= 11 is 1.29. The summed E-state index contributed by atoms with van der Waals surface area (Å²) in [5, 5.41) is 0. The molecule has 0 amide bonds. The Kier molecular flexibility index (Phi) is 5.04. The van der Waals surface area contributed by atoms with E-state index < -0.39 is 15.4 Å². The Bertz CT molecular complexity index is 1060. The Labute approximate surface area is 175 Å². The van der Waals surface area contributed by atoms with Gasteiger partial charge in [-0.05, 0) is 36.3 Å². The van der Waals surface area contributed by atoms with Gasteiger partial charge in [-0.2, -0.15) is 0 Å². The van der Waals surface area contributed by atoms with Crippen molar-refractivity contribution in [2.75, 3.05) is 5.75 Å². The first kappa shape index (κ1) is 20.4. The summed E-state index contributed by atoms with van der Waals surface area (Å²) in [4.78, 5) is 26.5. The zero-order chi connectivity index (χ0) is 20.9. The molecule has 2 saturated carbocycles. The second-order valence-electron chi connectivity index (χ2n) is 8.71. The topological polar surface area (TPSA) is 80.3 Å². The van der Waals surface area contributed by atoms with Crippen LogP contribution in [0.15, 0.2) is 42.5 Å². The van der Waals surface area contributed by atoms with Crippen molar-refractivity contribution in [3.8, 4) is 0 Å². The third-order valence-electron chi connectivity index (χ3n) is 6.96. The van der Waals surface area contributed by atoms with Crippen molar-refractivity contribution in [3.05, 3.63) is 57.8 Å². The number of carbonyl (C=O) groups excluding carboxylic acids is 2. The number of Topliss-reactive ketones (excluding diaryl/α,β-unsaturated/α-hetero) is 1. The number of thiophene rings is 1. The normalized spacial score (nSPS) is 25.4. The van der Waals surface area contributed by atoms with E-state index in [0.29, 0.717) is 23.3 Å². The second kappa shape index (κ2) is 7.15. The molecule has 2 atom stereocenters. The average Bonchev–Trinajstić information content (AvgIpc) is 3.30. The number of ketones is 2. The molecule has 0 radical (unpaired) electrons. The van der Waals surface area contributed by atoms with Gasteiger partial charge < -0.3 is 0 Å². The van der Waals surface area contributed by atoms with Gasteiger partial charge >= 0.3 is 0 Å². The molecule has 2 aliphatic carbocycles.